The molecular weight excluding hydrogens is 513 g/mol. The van der Waals surface area contributed by atoms with Crippen molar-refractivity contribution in [1.82, 2.24) is 25.7 Å². The summed E-state index contributed by atoms with van der Waals surface area (Å²) in [6, 6.07) is 15.9. The summed E-state index contributed by atoms with van der Waals surface area (Å²) in [4.78, 5) is 38.9. The van der Waals surface area contributed by atoms with E-state index < -0.39 is 36.8 Å². The lowest BCUT2D eigenvalue weighted by molar-refractivity contribution is -0.123. The van der Waals surface area contributed by atoms with Crippen molar-refractivity contribution in [2.24, 2.45) is 13.0 Å². The molecule has 11 nitrogen and oxygen atoms in total. The Labute approximate surface area is 235 Å². The van der Waals surface area contributed by atoms with Crippen LogP contribution in [0.1, 0.15) is 54.2 Å². The van der Waals surface area contributed by atoms with E-state index in [2.05, 4.69) is 21.0 Å². The van der Waals surface area contributed by atoms with Gasteiger partial charge in [0.05, 0.1) is 11.6 Å². The third-order valence-electron chi connectivity index (χ3n) is 5.83. The number of hydrogen-bond donors (Lipinski definition) is 5. The van der Waals surface area contributed by atoms with Crippen LogP contribution in [0.25, 0.3) is 0 Å². The number of carbonyl (C=O) groups is 3. The van der Waals surface area contributed by atoms with Gasteiger partial charge in [0.25, 0.3) is 11.8 Å². The molecule has 5 N–H and O–H groups in total. The van der Waals surface area contributed by atoms with Gasteiger partial charge in [-0.1, -0.05) is 39.5 Å². The average molecular weight is 551 g/mol. The second-order valence-electron chi connectivity index (χ2n) is 9.63. The van der Waals surface area contributed by atoms with Crippen LogP contribution in [0.15, 0.2) is 60.7 Å². The maximum absolute atomic E-state index is 13.1. The van der Waals surface area contributed by atoms with Crippen molar-refractivity contribution in [1.29, 1.82) is 0 Å². The predicted molar refractivity (Wildman–Crippen MR) is 153 cm³/mol. The number of nitrogens with zero attached hydrogens (tertiary/aromatic N) is 2. The van der Waals surface area contributed by atoms with Crippen molar-refractivity contribution < 1.29 is 29.2 Å². The summed E-state index contributed by atoms with van der Waals surface area (Å²) in [6.45, 7) is 5.26. The predicted octanol–water partition coefficient (Wildman–Crippen LogP) is 2.23. The number of ether oxygens (including phenoxy) is 1. The molecule has 214 valence electrons. The second kappa shape index (κ2) is 14.8. The lowest BCUT2D eigenvalue weighted by Gasteiger charge is -2.24. The Morgan fingerprint density at radius 2 is 1.60 bits per heavy atom. The summed E-state index contributed by atoms with van der Waals surface area (Å²) in [5.74, 6) is -1.43. The smallest absolute Gasteiger partial charge is 0.457 e. The minimum atomic E-state index is -1.79. The molecule has 0 fully saturated rings. The van der Waals surface area contributed by atoms with Crippen molar-refractivity contribution in [2.75, 3.05) is 6.54 Å². The van der Waals surface area contributed by atoms with Gasteiger partial charge in [-0.2, -0.15) is 5.10 Å². The van der Waals surface area contributed by atoms with E-state index >= 15 is 0 Å². The highest BCUT2D eigenvalue weighted by atomic mass is 16.5. The SMILES string of the molecule is C.Cc1cc(C(=O)NC[C@H](NC(=O)c2ccc(Oc3ccccc3)cc2)C(=O)N[C@@H](CC(C)C)B(O)O)n(C)n1. The van der Waals surface area contributed by atoms with Crippen LogP contribution >= 0.6 is 0 Å². The van der Waals surface area contributed by atoms with Gasteiger partial charge in [0.2, 0.25) is 5.91 Å². The van der Waals surface area contributed by atoms with Crippen LogP contribution in [0, 0.1) is 12.8 Å². The Morgan fingerprint density at radius 3 is 2.15 bits per heavy atom. The first-order valence-corrected chi connectivity index (χ1v) is 12.6. The van der Waals surface area contributed by atoms with E-state index in [1.165, 1.54) is 4.68 Å². The zero-order valence-electron chi connectivity index (χ0n) is 22.4. The molecule has 0 spiro atoms. The molecule has 0 radical (unpaired) electrons. The maximum Gasteiger partial charge on any atom is 0.475 e. The quantitative estimate of drug-likeness (QED) is 0.216. The molecule has 0 aliphatic carbocycles. The normalized spacial score (nSPS) is 12.1. The van der Waals surface area contributed by atoms with E-state index in [1.807, 2.05) is 32.0 Å². The molecule has 40 heavy (non-hydrogen) atoms. The first-order valence-electron chi connectivity index (χ1n) is 12.6. The number of carbonyl (C=O) groups excluding carboxylic acids is 3. The van der Waals surface area contributed by atoms with Crippen molar-refractivity contribution in [3.63, 3.8) is 0 Å². The molecule has 1 aromatic heterocycles. The number of para-hydroxylation sites is 1. The number of aryl methyl sites for hydroxylation is 2. The van der Waals surface area contributed by atoms with Crippen LogP contribution in [0.5, 0.6) is 11.5 Å². The van der Waals surface area contributed by atoms with Crippen molar-refractivity contribution in [2.45, 2.75) is 46.6 Å². The Kier molecular flexibility index (Phi) is 11.9. The van der Waals surface area contributed by atoms with E-state index in [0.717, 1.165) is 0 Å². The van der Waals surface area contributed by atoms with Gasteiger partial charge < -0.3 is 30.7 Å². The van der Waals surface area contributed by atoms with Gasteiger partial charge in [-0.3, -0.25) is 19.1 Å². The van der Waals surface area contributed by atoms with Gasteiger partial charge in [0.15, 0.2) is 0 Å². The molecule has 3 amide bonds. The van der Waals surface area contributed by atoms with Gasteiger partial charge in [-0.15, -0.1) is 0 Å². The Hall–Kier alpha value is -4.16. The van der Waals surface area contributed by atoms with Gasteiger partial charge in [-0.05, 0) is 61.7 Å². The minimum Gasteiger partial charge on any atom is -0.457 e. The molecule has 0 unspecified atom stereocenters. The molecule has 2 atom stereocenters. The highest BCUT2D eigenvalue weighted by Crippen LogP contribution is 2.21. The highest BCUT2D eigenvalue weighted by Gasteiger charge is 2.30. The monoisotopic (exact) mass is 551 g/mol. The molecule has 0 aliphatic rings. The van der Waals surface area contributed by atoms with Crippen LogP contribution in [-0.4, -0.2) is 63.2 Å². The average Bonchev–Trinajstić information content (AvgIpc) is 3.24. The highest BCUT2D eigenvalue weighted by molar-refractivity contribution is 6.43. The number of aromatic nitrogens is 2. The fraction of sp³-hybridized carbons (Fsp3) is 0.357. The second-order valence-corrected chi connectivity index (χ2v) is 9.63. The number of nitrogens with one attached hydrogen (secondary N) is 3. The van der Waals surface area contributed by atoms with Gasteiger partial charge >= 0.3 is 7.12 Å². The van der Waals surface area contributed by atoms with E-state index in [-0.39, 0.29) is 31.1 Å². The topological polar surface area (TPSA) is 155 Å². The lowest BCUT2D eigenvalue weighted by atomic mass is 9.75. The van der Waals surface area contributed by atoms with Gasteiger partial charge in [0.1, 0.15) is 23.2 Å². The number of hydrogen-bond acceptors (Lipinski definition) is 7. The van der Waals surface area contributed by atoms with Crippen LogP contribution < -0.4 is 20.7 Å². The van der Waals surface area contributed by atoms with Gasteiger partial charge in [-0.25, -0.2) is 0 Å². The summed E-state index contributed by atoms with van der Waals surface area (Å²) in [7, 11) is -0.171. The third-order valence-corrected chi connectivity index (χ3v) is 5.83. The summed E-state index contributed by atoms with van der Waals surface area (Å²) in [6.07, 6.45) is 0.299. The molecule has 0 bridgehead atoms. The van der Waals surface area contributed by atoms with E-state index in [9.17, 15) is 24.4 Å². The molecule has 0 saturated heterocycles. The zero-order valence-corrected chi connectivity index (χ0v) is 22.4. The summed E-state index contributed by atoms with van der Waals surface area (Å²) < 4.78 is 7.17. The van der Waals surface area contributed by atoms with Crippen molar-refractivity contribution >= 4 is 24.8 Å². The standard InChI is InChI=1S/C27H34BN5O6.CH4/c1-17(2)14-24(28(37)38)31-26(35)22(16-29-27(36)23-15-18(3)32-33(23)4)30-25(34)19-10-12-21(13-11-19)39-20-8-6-5-7-9-20;/h5-13,15,17,22,24,37-38H,14,16H2,1-4H3,(H,29,36)(H,30,34)(H,31,35);1H4/t22-,24-;/m0./s1. The number of rotatable bonds is 12. The third kappa shape index (κ3) is 9.24. The lowest BCUT2D eigenvalue weighted by Crippen LogP contribution is -2.57. The first kappa shape index (κ1) is 32.1. The fourth-order valence-corrected chi connectivity index (χ4v) is 3.90. The number of benzene rings is 2. The summed E-state index contributed by atoms with van der Waals surface area (Å²) in [5.41, 5.74) is 1.21. The largest absolute Gasteiger partial charge is 0.475 e. The van der Waals surface area contributed by atoms with E-state index in [4.69, 9.17) is 4.74 Å². The van der Waals surface area contributed by atoms with Gasteiger partial charge in [0, 0.05) is 19.2 Å². The molecule has 1 heterocycles. The Balaban J connectivity index is 0.00000560. The van der Waals surface area contributed by atoms with E-state index in [1.54, 1.807) is 56.4 Å². The molecule has 0 saturated carbocycles. The fourth-order valence-electron chi connectivity index (χ4n) is 3.90. The molecule has 12 heteroatoms. The van der Waals surface area contributed by atoms with E-state index in [0.29, 0.717) is 23.6 Å². The van der Waals surface area contributed by atoms with Crippen LogP contribution in [0.2, 0.25) is 0 Å². The maximum atomic E-state index is 13.1. The minimum absolute atomic E-state index is 0. The first-order chi connectivity index (χ1) is 18.5. The van der Waals surface area contributed by atoms with Crippen molar-refractivity contribution in [3.05, 3.63) is 77.6 Å². The number of amides is 3. The molecule has 3 rings (SSSR count). The van der Waals surface area contributed by atoms with Crippen LogP contribution in [0.4, 0.5) is 0 Å². The Bertz CT molecular complexity index is 1260. The van der Waals surface area contributed by atoms with Crippen LogP contribution in [0.3, 0.4) is 0 Å². The molecule has 2 aromatic carbocycles. The Morgan fingerprint density at radius 1 is 0.975 bits per heavy atom. The molecular formula is C28H38BN5O6. The van der Waals surface area contributed by atoms with Crippen LogP contribution in [-0.2, 0) is 11.8 Å². The zero-order chi connectivity index (χ0) is 28.5. The summed E-state index contributed by atoms with van der Waals surface area (Å²) in [5, 5.41) is 31.5. The molecule has 3 aromatic rings. The summed E-state index contributed by atoms with van der Waals surface area (Å²) >= 11 is 0. The molecule has 0 aliphatic heterocycles. The van der Waals surface area contributed by atoms with Crippen molar-refractivity contribution in [3.8, 4) is 11.5 Å².